The van der Waals surface area contributed by atoms with E-state index in [4.69, 9.17) is 18.9 Å². The summed E-state index contributed by atoms with van der Waals surface area (Å²) in [6, 6.07) is 19.6. The molecule has 2 aliphatic rings. The van der Waals surface area contributed by atoms with Crippen molar-refractivity contribution in [2.24, 2.45) is 11.8 Å². The van der Waals surface area contributed by atoms with Crippen molar-refractivity contribution in [1.29, 1.82) is 0 Å². The van der Waals surface area contributed by atoms with Crippen LogP contribution in [0.3, 0.4) is 0 Å². The Morgan fingerprint density at radius 3 is 1.33 bits per heavy atom. The fourth-order valence-electron chi connectivity index (χ4n) is 7.20. The maximum Gasteiger partial charge on any atom is 0.230 e. The summed E-state index contributed by atoms with van der Waals surface area (Å²) in [6.45, 7) is 0. The lowest BCUT2D eigenvalue weighted by atomic mass is 10.1. The highest BCUT2D eigenvalue weighted by Crippen LogP contribution is 2.35. The van der Waals surface area contributed by atoms with E-state index in [1.54, 1.807) is 36.4 Å². The van der Waals surface area contributed by atoms with Crippen molar-refractivity contribution < 1.29 is 55.7 Å². The van der Waals surface area contributed by atoms with Crippen molar-refractivity contribution in [2.75, 3.05) is 35.5 Å². The molecule has 0 radical (unpaired) electrons. The Balaban J connectivity index is 0.000000178. The Bertz CT molecular complexity index is 3160. The number of anilines is 4. The number of pyridine rings is 2. The molecule has 72 heavy (non-hydrogen) atoms. The average Bonchev–Trinajstić information content (AvgIpc) is 4.31. The number of aromatic amines is 2. The topological polar surface area (TPSA) is 236 Å². The molecule has 18 nitrogen and oxygen atoms in total. The van der Waals surface area contributed by atoms with E-state index < -0.39 is 35.1 Å². The fraction of sp³-hybridized carbons (Fsp3) is 0.200. The van der Waals surface area contributed by atoms with Crippen LogP contribution in [0.2, 0.25) is 0 Å². The van der Waals surface area contributed by atoms with Gasteiger partial charge in [0.05, 0.1) is 60.9 Å². The lowest BCUT2D eigenvalue weighted by Crippen LogP contribution is -2.16. The Hall–Kier alpha value is -9.08. The number of hydrogen-bond donors (Lipinski definition) is 6. The molecule has 0 saturated heterocycles. The summed E-state index contributed by atoms with van der Waals surface area (Å²) in [7, 11) is 3.05. The van der Waals surface area contributed by atoms with Gasteiger partial charge in [-0.3, -0.25) is 29.4 Å². The van der Waals surface area contributed by atoms with Gasteiger partial charge in [0, 0.05) is 71.4 Å². The van der Waals surface area contributed by atoms with E-state index >= 15 is 0 Å². The van der Waals surface area contributed by atoms with Crippen LogP contribution in [0.1, 0.15) is 37.1 Å². The summed E-state index contributed by atoms with van der Waals surface area (Å²) in [5.74, 6) is -3.78. The van der Waals surface area contributed by atoms with Gasteiger partial charge in [-0.1, -0.05) is 0 Å². The first kappa shape index (κ1) is 48.0. The SMILES string of the molecule is COc1ccc2[nH]nc(CC(=O)Nc3cc(F)c(Oc4ccnc(NC(=O)C5CC5)c4)cc3F)c2c1.COc1ccc2[nH]nc(CC(=O)Nc3cc(F)c(Oc4ccnc(NC(=O)C5CC5)c4)cc3F)c2c1. The van der Waals surface area contributed by atoms with Gasteiger partial charge < -0.3 is 40.2 Å². The van der Waals surface area contributed by atoms with Gasteiger partial charge in [-0.05, 0) is 74.2 Å². The third kappa shape index (κ3) is 11.7. The van der Waals surface area contributed by atoms with E-state index in [1.165, 1.54) is 50.9 Å². The number of hydrogen-bond acceptors (Lipinski definition) is 12. The Morgan fingerprint density at radius 2 is 0.944 bits per heavy atom. The Labute approximate surface area is 405 Å². The minimum absolute atomic E-state index is 0.0137. The number of benzene rings is 4. The molecule has 2 fully saturated rings. The van der Waals surface area contributed by atoms with Crippen LogP contribution in [0.4, 0.5) is 40.6 Å². The summed E-state index contributed by atoms with van der Waals surface area (Å²) in [5.41, 5.74) is 1.62. The van der Waals surface area contributed by atoms with Crippen molar-refractivity contribution in [3.8, 4) is 34.5 Å². The minimum atomic E-state index is -0.887. The Morgan fingerprint density at radius 1 is 0.528 bits per heavy atom. The summed E-state index contributed by atoms with van der Waals surface area (Å²) >= 11 is 0. The van der Waals surface area contributed by atoms with Gasteiger partial charge in [0.15, 0.2) is 34.8 Å². The van der Waals surface area contributed by atoms with Gasteiger partial charge in [-0.25, -0.2) is 27.5 Å². The molecular formula is C50H42F4N10O8. The van der Waals surface area contributed by atoms with Gasteiger partial charge in [0.25, 0.3) is 0 Å². The number of carbonyl (C=O) groups excluding carboxylic acids is 4. The number of aromatic nitrogens is 6. The molecule has 8 aromatic rings. The first-order valence-electron chi connectivity index (χ1n) is 22.3. The van der Waals surface area contributed by atoms with Crippen LogP contribution in [0.25, 0.3) is 21.8 Å². The molecule has 0 aliphatic heterocycles. The number of amides is 4. The van der Waals surface area contributed by atoms with Crippen LogP contribution >= 0.6 is 0 Å². The molecular weight excluding hydrogens is 945 g/mol. The van der Waals surface area contributed by atoms with E-state index in [1.807, 2.05) is 0 Å². The molecule has 0 bridgehead atoms. The van der Waals surface area contributed by atoms with Crippen LogP contribution in [-0.4, -0.2) is 68.2 Å². The molecule has 368 valence electrons. The van der Waals surface area contributed by atoms with E-state index in [2.05, 4.69) is 51.6 Å². The van der Waals surface area contributed by atoms with Crippen molar-refractivity contribution >= 4 is 68.4 Å². The number of H-pyrrole nitrogens is 2. The molecule has 4 aromatic carbocycles. The lowest BCUT2D eigenvalue weighted by molar-refractivity contribution is -0.118. The summed E-state index contributed by atoms with van der Waals surface area (Å²) in [4.78, 5) is 57.0. The van der Waals surface area contributed by atoms with Gasteiger partial charge in [-0.15, -0.1) is 0 Å². The largest absolute Gasteiger partial charge is 0.497 e. The molecule has 22 heteroatoms. The maximum absolute atomic E-state index is 14.7. The molecule has 6 N–H and O–H groups in total. The highest BCUT2D eigenvalue weighted by molar-refractivity contribution is 5.97. The second-order valence-corrected chi connectivity index (χ2v) is 16.6. The molecule has 10 rings (SSSR count). The monoisotopic (exact) mass is 986 g/mol. The number of methoxy groups -OCH3 is 2. The number of ether oxygens (including phenoxy) is 4. The van der Waals surface area contributed by atoms with Gasteiger partial charge in [0.1, 0.15) is 34.6 Å². The minimum Gasteiger partial charge on any atom is -0.497 e. The highest BCUT2D eigenvalue weighted by Gasteiger charge is 2.31. The predicted molar refractivity (Wildman–Crippen MR) is 254 cm³/mol. The van der Waals surface area contributed by atoms with Crippen LogP contribution < -0.4 is 40.2 Å². The van der Waals surface area contributed by atoms with E-state index in [0.29, 0.717) is 44.7 Å². The maximum atomic E-state index is 14.7. The predicted octanol–water partition coefficient (Wildman–Crippen LogP) is 9.13. The number of rotatable bonds is 16. The molecule has 0 atom stereocenters. The summed E-state index contributed by atoms with van der Waals surface area (Å²) < 4.78 is 80.1. The van der Waals surface area contributed by atoms with Crippen LogP contribution in [-0.2, 0) is 32.0 Å². The zero-order valence-corrected chi connectivity index (χ0v) is 38.2. The zero-order chi connectivity index (χ0) is 50.5. The first-order chi connectivity index (χ1) is 34.8. The summed E-state index contributed by atoms with van der Waals surface area (Å²) in [5, 5.41) is 25.3. The van der Waals surface area contributed by atoms with Gasteiger partial charge >= 0.3 is 0 Å². The van der Waals surface area contributed by atoms with E-state index in [0.717, 1.165) is 49.9 Å². The number of fused-ring (bicyclic) bond motifs is 2. The van der Waals surface area contributed by atoms with Crippen LogP contribution in [0.15, 0.2) is 97.3 Å². The van der Waals surface area contributed by atoms with Crippen LogP contribution in [0, 0.1) is 35.1 Å². The van der Waals surface area contributed by atoms with Crippen molar-refractivity contribution in [2.45, 2.75) is 38.5 Å². The smallest absolute Gasteiger partial charge is 0.230 e. The molecule has 4 heterocycles. The van der Waals surface area contributed by atoms with Gasteiger partial charge in [-0.2, -0.15) is 10.2 Å². The Kier molecular flexibility index (Phi) is 13.9. The van der Waals surface area contributed by atoms with E-state index in [9.17, 15) is 36.7 Å². The third-order valence-electron chi connectivity index (χ3n) is 11.3. The normalized spacial score (nSPS) is 12.9. The third-order valence-corrected chi connectivity index (χ3v) is 11.3. The second-order valence-electron chi connectivity index (χ2n) is 16.6. The van der Waals surface area contributed by atoms with E-state index in [-0.39, 0.29) is 82.5 Å². The number of nitrogens with zero attached hydrogens (tertiary/aromatic N) is 4. The molecule has 4 amide bonds. The quantitative estimate of drug-likeness (QED) is 0.0497. The lowest BCUT2D eigenvalue weighted by Gasteiger charge is -2.11. The summed E-state index contributed by atoms with van der Waals surface area (Å²) in [6.07, 6.45) is 5.78. The van der Waals surface area contributed by atoms with Crippen molar-refractivity contribution in [3.63, 3.8) is 0 Å². The van der Waals surface area contributed by atoms with Crippen LogP contribution in [0.5, 0.6) is 34.5 Å². The highest BCUT2D eigenvalue weighted by atomic mass is 19.1. The van der Waals surface area contributed by atoms with Crippen molar-refractivity contribution in [1.82, 2.24) is 30.4 Å². The first-order valence-corrected chi connectivity index (χ1v) is 22.3. The average molecular weight is 987 g/mol. The number of nitrogens with one attached hydrogen (secondary N) is 6. The number of halogens is 4. The number of carbonyl (C=O) groups is 4. The standard InChI is InChI=1S/2C25H21F2N5O4/c2*1-35-14-4-5-19-16(8-14)20(32-31-19)12-24(33)29-21-10-18(27)22(11-17(21)26)36-15-6-7-28-23(9-15)30-25(34)13-2-3-13/h2*4-11,13H,2-3,12H2,1H3,(H,29,33)(H,31,32)(H,28,30,34). The second kappa shape index (κ2) is 20.9. The molecule has 2 aliphatic carbocycles. The molecule has 0 spiro atoms. The molecule has 0 unspecified atom stereocenters. The molecule has 4 aromatic heterocycles. The fourth-order valence-corrected chi connectivity index (χ4v) is 7.20. The van der Waals surface area contributed by atoms with Gasteiger partial charge in [0.2, 0.25) is 23.6 Å². The molecule has 2 saturated carbocycles. The zero-order valence-electron chi connectivity index (χ0n) is 38.2. The van der Waals surface area contributed by atoms with Crippen molar-refractivity contribution in [3.05, 3.63) is 132 Å².